The van der Waals surface area contributed by atoms with Gasteiger partial charge >= 0.3 is 0 Å². The molecule has 2 aromatic rings. The molecule has 9 nitrogen and oxygen atoms in total. The molecule has 1 aliphatic heterocycles. The Labute approximate surface area is 205 Å². The Morgan fingerprint density at radius 2 is 1.82 bits per heavy atom. The van der Waals surface area contributed by atoms with Crippen LogP contribution in [0.4, 0.5) is 5.69 Å². The highest BCUT2D eigenvalue weighted by Gasteiger charge is 2.22. The summed E-state index contributed by atoms with van der Waals surface area (Å²) in [6.45, 7) is 6.27. The monoisotopic (exact) mass is 511 g/mol. The van der Waals surface area contributed by atoms with Crippen LogP contribution in [0.25, 0.3) is 0 Å². The Bertz CT molecular complexity index is 1120. The van der Waals surface area contributed by atoms with Gasteiger partial charge < -0.3 is 19.5 Å². The molecule has 0 aromatic heterocycles. The van der Waals surface area contributed by atoms with E-state index >= 15 is 0 Å². The van der Waals surface area contributed by atoms with Crippen molar-refractivity contribution in [2.45, 2.75) is 18.2 Å². The minimum Gasteiger partial charge on any atom is -0.495 e. The van der Waals surface area contributed by atoms with Crippen molar-refractivity contribution < 1.29 is 27.4 Å². The topological polar surface area (TPSA) is 106 Å². The van der Waals surface area contributed by atoms with Crippen LogP contribution in [-0.2, 0) is 14.8 Å². The second-order valence-electron chi connectivity index (χ2n) is 7.84. The average molecular weight is 512 g/mol. The van der Waals surface area contributed by atoms with Crippen molar-refractivity contribution in [2.75, 3.05) is 58.3 Å². The molecular weight excluding hydrogens is 482 g/mol. The summed E-state index contributed by atoms with van der Waals surface area (Å²) in [7, 11) is -1.17. The van der Waals surface area contributed by atoms with Gasteiger partial charge in [-0.15, -0.1) is 0 Å². The molecule has 0 unspecified atom stereocenters. The van der Waals surface area contributed by atoms with Crippen LogP contribution in [0.1, 0.15) is 22.3 Å². The first-order valence-electron chi connectivity index (χ1n) is 10.9. The number of benzene rings is 2. The van der Waals surface area contributed by atoms with E-state index in [1.165, 1.54) is 32.4 Å². The Balaban J connectivity index is 1.70. The largest absolute Gasteiger partial charge is 0.495 e. The van der Waals surface area contributed by atoms with Gasteiger partial charge in [0.05, 0.1) is 43.0 Å². The third-order valence-electron chi connectivity index (χ3n) is 5.50. The third kappa shape index (κ3) is 6.53. The Morgan fingerprint density at radius 1 is 1.12 bits per heavy atom. The maximum atomic E-state index is 13.2. The smallest absolute Gasteiger partial charge is 0.262 e. The molecule has 0 radical (unpaired) electrons. The number of morpholine rings is 1. The normalized spacial score (nSPS) is 14.5. The highest BCUT2D eigenvalue weighted by molar-refractivity contribution is 7.92. The second kappa shape index (κ2) is 11.7. The molecule has 0 bridgehead atoms. The van der Waals surface area contributed by atoms with E-state index in [2.05, 4.69) is 14.9 Å². The van der Waals surface area contributed by atoms with Crippen molar-refractivity contribution in [3.8, 4) is 11.5 Å². The number of carbonyl (C=O) groups is 1. The molecule has 1 amide bonds. The number of aryl methyl sites for hydroxylation is 1. The van der Waals surface area contributed by atoms with Crippen molar-refractivity contribution >= 4 is 33.2 Å². The van der Waals surface area contributed by atoms with Gasteiger partial charge in [0.25, 0.3) is 15.9 Å². The molecule has 1 heterocycles. The highest BCUT2D eigenvalue weighted by atomic mass is 35.5. The molecule has 3 rings (SSSR count). The number of nitrogens with one attached hydrogen (secondary N) is 2. The van der Waals surface area contributed by atoms with E-state index in [0.717, 1.165) is 39.3 Å². The number of ether oxygens (including phenoxy) is 3. The highest BCUT2D eigenvalue weighted by Crippen LogP contribution is 2.37. The van der Waals surface area contributed by atoms with Crippen molar-refractivity contribution in [3.63, 3.8) is 0 Å². The molecule has 34 heavy (non-hydrogen) atoms. The van der Waals surface area contributed by atoms with E-state index in [1.807, 2.05) is 0 Å². The lowest BCUT2D eigenvalue weighted by Crippen LogP contribution is -2.38. The van der Waals surface area contributed by atoms with Crippen LogP contribution in [0.5, 0.6) is 11.5 Å². The molecule has 0 saturated carbocycles. The van der Waals surface area contributed by atoms with E-state index in [-0.39, 0.29) is 32.8 Å². The van der Waals surface area contributed by atoms with E-state index < -0.39 is 10.0 Å². The van der Waals surface area contributed by atoms with Crippen molar-refractivity contribution in [3.05, 3.63) is 46.5 Å². The molecule has 0 aliphatic carbocycles. The lowest BCUT2D eigenvalue weighted by Gasteiger charge is -2.26. The maximum Gasteiger partial charge on any atom is 0.262 e. The number of anilines is 1. The summed E-state index contributed by atoms with van der Waals surface area (Å²) in [5.41, 5.74) is 0.915. The van der Waals surface area contributed by atoms with Crippen molar-refractivity contribution in [1.82, 2.24) is 10.2 Å². The number of methoxy groups -OCH3 is 2. The lowest BCUT2D eigenvalue weighted by atomic mass is 10.1. The minimum atomic E-state index is -4.04. The number of carbonyl (C=O) groups excluding carboxylic acids is 1. The number of halogens is 1. The van der Waals surface area contributed by atoms with Gasteiger partial charge in [0.2, 0.25) is 0 Å². The van der Waals surface area contributed by atoms with Gasteiger partial charge in [0, 0.05) is 31.3 Å². The van der Waals surface area contributed by atoms with Crippen LogP contribution in [0.2, 0.25) is 5.02 Å². The van der Waals surface area contributed by atoms with Crippen LogP contribution in [0.15, 0.2) is 35.2 Å². The van der Waals surface area contributed by atoms with E-state index in [9.17, 15) is 13.2 Å². The standard InChI is InChI=1S/C23H30ClN3O6S/c1-16-5-6-17(23(28)25-7-4-8-27-9-11-33-12-10-27)13-22(16)34(29,30)26-19-14-18(24)20(31-2)15-21(19)32-3/h5-6,13-15,26H,4,7-12H2,1-3H3,(H,25,28). The number of amides is 1. The first-order chi connectivity index (χ1) is 16.2. The molecule has 1 aliphatic rings. The molecule has 2 aromatic carbocycles. The Morgan fingerprint density at radius 3 is 2.50 bits per heavy atom. The SMILES string of the molecule is COc1cc(OC)c(NS(=O)(=O)c2cc(C(=O)NCCCN3CCOCC3)ccc2C)cc1Cl. The average Bonchev–Trinajstić information content (AvgIpc) is 2.82. The second-order valence-corrected chi connectivity index (χ2v) is 9.89. The minimum absolute atomic E-state index is 0.0116. The number of rotatable bonds is 10. The van der Waals surface area contributed by atoms with E-state index in [1.54, 1.807) is 19.1 Å². The Kier molecular flexibility index (Phi) is 9.01. The van der Waals surface area contributed by atoms with Gasteiger partial charge in [-0.25, -0.2) is 8.42 Å². The number of hydrogen-bond donors (Lipinski definition) is 2. The van der Waals surface area contributed by atoms with Crippen LogP contribution in [0, 0.1) is 6.92 Å². The first-order valence-corrected chi connectivity index (χ1v) is 12.7. The fourth-order valence-corrected chi connectivity index (χ4v) is 5.18. The molecule has 1 saturated heterocycles. The lowest BCUT2D eigenvalue weighted by molar-refractivity contribution is 0.0374. The number of hydrogen-bond acceptors (Lipinski definition) is 7. The van der Waals surface area contributed by atoms with Gasteiger partial charge in [-0.2, -0.15) is 0 Å². The zero-order valence-corrected chi connectivity index (χ0v) is 21.1. The van der Waals surface area contributed by atoms with Crippen LogP contribution < -0.4 is 19.5 Å². The van der Waals surface area contributed by atoms with Crippen molar-refractivity contribution in [1.29, 1.82) is 0 Å². The maximum absolute atomic E-state index is 13.2. The molecule has 1 fully saturated rings. The molecule has 186 valence electrons. The quantitative estimate of drug-likeness (QED) is 0.472. The van der Waals surface area contributed by atoms with Gasteiger partial charge in [0.1, 0.15) is 11.5 Å². The molecule has 11 heteroatoms. The summed E-state index contributed by atoms with van der Waals surface area (Å²) in [5.74, 6) is 0.269. The summed E-state index contributed by atoms with van der Waals surface area (Å²) >= 11 is 6.16. The van der Waals surface area contributed by atoms with Gasteiger partial charge in [-0.1, -0.05) is 17.7 Å². The van der Waals surface area contributed by atoms with Crippen LogP contribution in [-0.4, -0.2) is 72.8 Å². The molecular formula is C23H30ClN3O6S. The first kappa shape index (κ1) is 26.1. The van der Waals surface area contributed by atoms with E-state index in [0.29, 0.717) is 17.9 Å². The fourth-order valence-electron chi connectivity index (χ4n) is 3.60. The third-order valence-corrected chi connectivity index (χ3v) is 7.30. The fraction of sp³-hybridized carbons (Fsp3) is 0.435. The predicted molar refractivity (Wildman–Crippen MR) is 131 cm³/mol. The number of sulfonamides is 1. The predicted octanol–water partition coefficient (Wildman–Crippen LogP) is 2.92. The molecule has 0 spiro atoms. The summed E-state index contributed by atoms with van der Waals surface area (Å²) in [6, 6.07) is 7.49. The summed E-state index contributed by atoms with van der Waals surface area (Å²) in [6.07, 6.45) is 0.794. The van der Waals surface area contributed by atoms with Gasteiger partial charge in [-0.05, 0) is 43.7 Å². The van der Waals surface area contributed by atoms with E-state index in [4.69, 9.17) is 25.8 Å². The summed E-state index contributed by atoms with van der Waals surface area (Å²) in [5, 5.41) is 3.09. The zero-order valence-electron chi connectivity index (χ0n) is 19.5. The van der Waals surface area contributed by atoms with Gasteiger partial charge in [-0.3, -0.25) is 14.4 Å². The molecule has 0 atom stereocenters. The van der Waals surface area contributed by atoms with Gasteiger partial charge in [0.15, 0.2) is 0 Å². The van der Waals surface area contributed by atoms with Crippen LogP contribution in [0.3, 0.4) is 0 Å². The zero-order chi connectivity index (χ0) is 24.7. The summed E-state index contributed by atoms with van der Waals surface area (Å²) < 4.78 is 44.6. The van der Waals surface area contributed by atoms with Crippen LogP contribution >= 0.6 is 11.6 Å². The van der Waals surface area contributed by atoms with Crippen molar-refractivity contribution in [2.24, 2.45) is 0 Å². The summed E-state index contributed by atoms with van der Waals surface area (Å²) in [4.78, 5) is 14.9. The molecule has 2 N–H and O–H groups in total. The Hall–Kier alpha value is -2.53. The number of nitrogens with zero attached hydrogens (tertiary/aromatic N) is 1.